The molecule has 2 amide bonds. The number of nitrogens with one attached hydrogen (secondary N) is 1. The molecule has 0 saturated carbocycles. The van der Waals surface area contributed by atoms with Crippen molar-refractivity contribution in [3.05, 3.63) is 69.0 Å². The molecule has 0 aromatic heterocycles. The van der Waals surface area contributed by atoms with Gasteiger partial charge in [-0.25, -0.2) is 0 Å². The van der Waals surface area contributed by atoms with E-state index in [1.807, 2.05) is 48.5 Å². The number of thioether (sulfide) groups is 1. The second-order valence-electron chi connectivity index (χ2n) is 5.47. The van der Waals surface area contributed by atoms with Crippen molar-refractivity contribution >= 4 is 50.7 Å². The molecule has 26 heavy (non-hydrogen) atoms. The highest BCUT2D eigenvalue weighted by atomic mass is 79.9. The predicted molar refractivity (Wildman–Crippen MR) is 107 cm³/mol. The summed E-state index contributed by atoms with van der Waals surface area (Å²) in [7, 11) is 0. The quantitative estimate of drug-likeness (QED) is 0.740. The van der Waals surface area contributed by atoms with Crippen LogP contribution in [0.4, 0.5) is 0 Å². The molecule has 2 aromatic rings. The molecule has 3 rings (SSSR count). The van der Waals surface area contributed by atoms with Crippen LogP contribution in [0.15, 0.2) is 62.9 Å². The SMILES string of the molecule is CC(=O)NC1=NC(=O)/C(=C\c2cc(Br)ccc2OCc2ccccc2)S1. The zero-order valence-electron chi connectivity index (χ0n) is 13.9. The van der Waals surface area contributed by atoms with Crippen LogP contribution in [0, 0.1) is 0 Å². The zero-order valence-corrected chi connectivity index (χ0v) is 16.3. The van der Waals surface area contributed by atoms with Gasteiger partial charge >= 0.3 is 0 Å². The molecule has 1 heterocycles. The number of hydrogen-bond acceptors (Lipinski definition) is 4. The summed E-state index contributed by atoms with van der Waals surface area (Å²) in [5.41, 5.74) is 1.81. The van der Waals surface area contributed by atoms with Crippen molar-refractivity contribution in [3.8, 4) is 5.75 Å². The fraction of sp³-hybridized carbons (Fsp3) is 0.105. The first-order valence-electron chi connectivity index (χ1n) is 7.78. The number of hydrogen-bond donors (Lipinski definition) is 1. The third-order valence-electron chi connectivity index (χ3n) is 3.40. The Morgan fingerprint density at radius 3 is 2.77 bits per heavy atom. The summed E-state index contributed by atoms with van der Waals surface area (Å²) in [5, 5.41) is 2.82. The number of carbonyl (C=O) groups excluding carboxylic acids is 2. The first-order chi connectivity index (χ1) is 12.5. The fourth-order valence-corrected chi connectivity index (χ4v) is 3.48. The van der Waals surface area contributed by atoms with Gasteiger partial charge in [0.15, 0.2) is 5.17 Å². The standard InChI is InChI=1S/C19H15BrN2O3S/c1-12(23)21-19-22-18(24)17(26-19)10-14-9-15(20)7-8-16(14)25-11-13-5-3-2-4-6-13/h2-10H,11H2,1H3,(H,21,22,23,24)/b17-10+. The average molecular weight is 431 g/mol. The minimum Gasteiger partial charge on any atom is -0.488 e. The van der Waals surface area contributed by atoms with Gasteiger partial charge in [0.1, 0.15) is 12.4 Å². The second kappa shape index (κ2) is 8.33. The minimum atomic E-state index is -0.382. The van der Waals surface area contributed by atoms with E-state index in [0.29, 0.717) is 17.3 Å². The van der Waals surface area contributed by atoms with Crippen LogP contribution in [0.25, 0.3) is 6.08 Å². The third-order valence-corrected chi connectivity index (χ3v) is 4.79. The molecule has 0 unspecified atom stereocenters. The maximum atomic E-state index is 12.1. The molecule has 7 heteroatoms. The van der Waals surface area contributed by atoms with Gasteiger partial charge in [-0.2, -0.15) is 4.99 Å². The maximum absolute atomic E-state index is 12.1. The Balaban J connectivity index is 1.80. The number of rotatable bonds is 4. The van der Waals surface area contributed by atoms with Gasteiger partial charge in [-0.05, 0) is 41.6 Å². The van der Waals surface area contributed by atoms with Gasteiger partial charge in [0.25, 0.3) is 5.91 Å². The van der Waals surface area contributed by atoms with Crippen molar-refractivity contribution in [1.82, 2.24) is 5.32 Å². The smallest absolute Gasteiger partial charge is 0.286 e. The van der Waals surface area contributed by atoms with Gasteiger partial charge < -0.3 is 10.1 Å². The van der Waals surface area contributed by atoms with E-state index in [1.165, 1.54) is 6.92 Å². The lowest BCUT2D eigenvalue weighted by atomic mass is 10.2. The number of carbonyl (C=O) groups is 2. The Labute approximate surface area is 163 Å². The zero-order chi connectivity index (χ0) is 18.5. The van der Waals surface area contributed by atoms with Crippen LogP contribution in [0.5, 0.6) is 5.75 Å². The molecule has 0 aliphatic carbocycles. The third kappa shape index (κ3) is 4.83. The number of amides is 2. The molecule has 1 aliphatic rings. The Hall–Kier alpha value is -2.38. The summed E-state index contributed by atoms with van der Waals surface area (Å²) in [5.74, 6) is 0.0123. The summed E-state index contributed by atoms with van der Waals surface area (Å²) in [6.45, 7) is 1.80. The summed E-state index contributed by atoms with van der Waals surface area (Å²) >= 11 is 4.57. The molecule has 0 radical (unpaired) electrons. The number of nitrogens with zero attached hydrogens (tertiary/aromatic N) is 1. The van der Waals surface area contributed by atoms with Crippen LogP contribution in [0.3, 0.4) is 0 Å². The van der Waals surface area contributed by atoms with Gasteiger partial charge in [0.2, 0.25) is 5.91 Å². The summed E-state index contributed by atoms with van der Waals surface area (Å²) in [6.07, 6.45) is 1.72. The summed E-state index contributed by atoms with van der Waals surface area (Å²) < 4.78 is 6.79. The van der Waals surface area contributed by atoms with Crippen LogP contribution in [-0.2, 0) is 16.2 Å². The molecule has 132 valence electrons. The Bertz CT molecular complexity index is 910. The molecule has 1 N–H and O–H groups in total. The molecule has 0 spiro atoms. The van der Waals surface area contributed by atoms with Crippen LogP contribution in [-0.4, -0.2) is 17.0 Å². The van der Waals surface area contributed by atoms with E-state index in [4.69, 9.17) is 4.74 Å². The predicted octanol–water partition coefficient (Wildman–Crippen LogP) is 4.13. The first kappa shape index (κ1) is 18.4. The number of aliphatic imine (C=N–C) groups is 1. The van der Waals surface area contributed by atoms with E-state index in [1.54, 1.807) is 6.08 Å². The Morgan fingerprint density at radius 1 is 1.27 bits per heavy atom. The topological polar surface area (TPSA) is 67.8 Å². The lowest BCUT2D eigenvalue weighted by Gasteiger charge is -2.10. The number of benzene rings is 2. The van der Waals surface area contributed by atoms with E-state index in [9.17, 15) is 9.59 Å². The monoisotopic (exact) mass is 430 g/mol. The van der Waals surface area contributed by atoms with Crippen molar-refractivity contribution in [1.29, 1.82) is 0 Å². The van der Waals surface area contributed by atoms with Crippen molar-refractivity contribution in [2.45, 2.75) is 13.5 Å². The second-order valence-corrected chi connectivity index (χ2v) is 7.42. The van der Waals surface area contributed by atoms with Gasteiger partial charge in [-0.3, -0.25) is 9.59 Å². The fourth-order valence-electron chi connectivity index (χ4n) is 2.25. The van der Waals surface area contributed by atoms with E-state index in [0.717, 1.165) is 27.4 Å². The molecule has 1 aliphatic heterocycles. The Morgan fingerprint density at radius 2 is 2.04 bits per heavy atom. The minimum absolute atomic E-state index is 0.264. The summed E-state index contributed by atoms with van der Waals surface area (Å²) in [4.78, 5) is 27.5. The molecule has 0 atom stereocenters. The van der Waals surface area contributed by atoms with E-state index in [-0.39, 0.29) is 17.0 Å². The van der Waals surface area contributed by atoms with Crippen molar-refractivity contribution in [3.63, 3.8) is 0 Å². The van der Waals surface area contributed by atoms with E-state index >= 15 is 0 Å². The van der Waals surface area contributed by atoms with Crippen LogP contribution >= 0.6 is 27.7 Å². The van der Waals surface area contributed by atoms with E-state index < -0.39 is 0 Å². The van der Waals surface area contributed by atoms with E-state index in [2.05, 4.69) is 26.2 Å². The number of amidine groups is 1. The average Bonchev–Trinajstić information content (AvgIpc) is 2.93. The highest BCUT2D eigenvalue weighted by molar-refractivity contribution is 9.10. The first-order valence-corrected chi connectivity index (χ1v) is 9.38. The molecule has 0 fully saturated rings. The molecular weight excluding hydrogens is 416 g/mol. The van der Waals surface area contributed by atoms with Crippen LogP contribution < -0.4 is 10.1 Å². The van der Waals surface area contributed by atoms with Crippen molar-refractivity contribution < 1.29 is 14.3 Å². The highest BCUT2D eigenvalue weighted by Gasteiger charge is 2.23. The highest BCUT2D eigenvalue weighted by Crippen LogP contribution is 2.32. The van der Waals surface area contributed by atoms with Crippen LogP contribution in [0.1, 0.15) is 18.1 Å². The van der Waals surface area contributed by atoms with Gasteiger partial charge in [-0.15, -0.1) is 0 Å². The maximum Gasteiger partial charge on any atom is 0.286 e. The largest absolute Gasteiger partial charge is 0.488 e. The molecular formula is C19H15BrN2O3S. The Kier molecular flexibility index (Phi) is 5.90. The molecule has 5 nitrogen and oxygen atoms in total. The van der Waals surface area contributed by atoms with Crippen molar-refractivity contribution in [2.75, 3.05) is 0 Å². The molecule has 2 aromatic carbocycles. The molecule has 0 bridgehead atoms. The lowest BCUT2D eigenvalue weighted by Crippen LogP contribution is -2.23. The number of halogens is 1. The van der Waals surface area contributed by atoms with Gasteiger partial charge in [0, 0.05) is 17.0 Å². The number of ether oxygens (including phenoxy) is 1. The van der Waals surface area contributed by atoms with Gasteiger partial charge in [0.05, 0.1) is 4.91 Å². The van der Waals surface area contributed by atoms with Gasteiger partial charge in [-0.1, -0.05) is 46.3 Å². The van der Waals surface area contributed by atoms with Crippen molar-refractivity contribution in [2.24, 2.45) is 4.99 Å². The normalized spacial score (nSPS) is 15.1. The van der Waals surface area contributed by atoms with Crippen LogP contribution in [0.2, 0.25) is 0 Å². The lowest BCUT2D eigenvalue weighted by molar-refractivity contribution is -0.117. The molecule has 0 saturated heterocycles. The summed E-state index contributed by atoms with van der Waals surface area (Å²) in [6, 6.07) is 15.4.